The van der Waals surface area contributed by atoms with Crippen molar-refractivity contribution in [3.05, 3.63) is 71.8 Å². The van der Waals surface area contributed by atoms with E-state index in [9.17, 15) is 5.26 Å². The van der Waals surface area contributed by atoms with Gasteiger partial charge >= 0.3 is 0 Å². The molecular formula is C21H26N2O2. The largest absolute Gasteiger partial charge is 0.343 e. The van der Waals surface area contributed by atoms with Gasteiger partial charge in [0.15, 0.2) is 5.79 Å². The Morgan fingerprint density at radius 3 is 2.04 bits per heavy atom. The number of ether oxygens (including phenoxy) is 2. The van der Waals surface area contributed by atoms with Crippen molar-refractivity contribution in [2.75, 3.05) is 27.3 Å². The number of hydrogen-bond acceptors (Lipinski definition) is 4. The van der Waals surface area contributed by atoms with Crippen LogP contribution in [0.1, 0.15) is 29.9 Å². The second-order valence-corrected chi connectivity index (χ2v) is 5.95. The fourth-order valence-electron chi connectivity index (χ4n) is 2.93. The maximum atomic E-state index is 9.48. The Morgan fingerprint density at radius 2 is 1.52 bits per heavy atom. The predicted molar refractivity (Wildman–Crippen MR) is 99.0 cm³/mol. The van der Waals surface area contributed by atoms with Crippen molar-refractivity contribution in [2.24, 2.45) is 0 Å². The standard InChI is InChI=1S/C19H19NO2.C2H7N/c20-15-17(16-7-3-1-4-8-16)11-12-19(21-13-14-22-19)18-9-5-2-6-10-18;1-3-2/h1-10,17H,11-14H2;3H,1-2H3. The third-order valence-corrected chi connectivity index (χ3v) is 4.09. The van der Waals surface area contributed by atoms with Crippen molar-refractivity contribution in [1.82, 2.24) is 5.32 Å². The predicted octanol–water partition coefficient (Wildman–Crippen LogP) is 3.81. The molecule has 4 heteroatoms. The van der Waals surface area contributed by atoms with E-state index in [0.29, 0.717) is 26.1 Å². The maximum Gasteiger partial charge on any atom is 0.195 e. The molecule has 1 fully saturated rings. The first kappa shape index (κ1) is 19.1. The van der Waals surface area contributed by atoms with Crippen LogP contribution in [0.3, 0.4) is 0 Å². The highest BCUT2D eigenvalue weighted by Gasteiger charge is 2.38. The number of nitriles is 1. The summed E-state index contributed by atoms with van der Waals surface area (Å²) in [5, 5.41) is 12.2. The molecule has 0 aliphatic carbocycles. The van der Waals surface area contributed by atoms with Gasteiger partial charge in [0, 0.05) is 12.0 Å². The third kappa shape index (κ3) is 5.14. The molecular weight excluding hydrogens is 312 g/mol. The van der Waals surface area contributed by atoms with Crippen LogP contribution in [0.25, 0.3) is 0 Å². The molecule has 2 aromatic carbocycles. The molecule has 1 heterocycles. The van der Waals surface area contributed by atoms with Gasteiger partial charge in [-0.3, -0.25) is 0 Å². The number of nitrogens with one attached hydrogen (secondary N) is 1. The van der Waals surface area contributed by atoms with Gasteiger partial charge in [0.05, 0.1) is 25.2 Å². The van der Waals surface area contributed by atoms with Gasteiger partial charge in [-0.2, -0.15) is 5.26 Å². The van der Waals surface area contributed by atoms with Crippen LogP contribution in [0.4, 0.5) is 0 Å². The summed E-state index contributed by atoms with van der Waals surface area (Å²) >= 11 is 0. The number of hydrogen-bond donors (Lipinski definition) is 1. The minimum atomic E-state index is -0.703. The average Bonchev–Trinajstić information content (AvgIpc) is 3.15. The van der Waals surface area contributed by atoms with E-state index in [1.807, 2.05) is 74.8 Å². The molecule has 1 atom stereocenters. The van der Waals surface area contributed by atoms with Gasteiger partial charge in [-0.25, -0.2) is 0 Å². The van der Waals surface area contributed by atoms with E-state index < -0.39 is 5.79 Å². The van der Waals surface area contributed by atoms with Gasteiger partial charge in [-0.05, 0) is 26.1 Å². The van der Waals surface area contributed by atoms with E-state index >= 15 is 0 Å². The van der Waals surface area contributed by atoms with Crippen LogP contribution in [-0.2, 0) is 15.3 Å². The Balaban J connectivity index is 0.000000701. The lowest BCUT2D eigenvalue weighted by atomic mass is 9.91. The number of benzene rings is 2. The topological polar surface area (TPSA) is 54.3 Å². The Hall–Kier alpha value is -2.19. The van der Waals surface area contributed by atoms with Gasteiger partial charge in [-0.1, -0.05) is 60.7 Å². The molecule has 4 nitrogen and oxygen atoms in total. The van der Waals surface area contributed by atoms with Crippen molar-refractivity contribution < 1.29 is 9.47 Å². The summed E-state index contributed by atoms with van der Waals surface area (Å²) < 4.78 is 11.9. The molecule has 1 unspecified atom stereocenters. The van der Waals surface area contributed by atoms with Crippen molar-refractivity contribution in [2.45, 2.75) is 24.5 Å². The molecule has 0 radical (unpaired) electrons. The third-order valence-electron chi connectivity index (χ3n) is 4.09. The van der Waals surface area contributed by atoms with Crippen LogP contribution in [0.2, 0.25) is 0 Å². The first-order chi connectivity index (χ1) is 12.3. The number of rotatable bonds is 5. The SMILES string of the molecule is CNC.N#CC(CCC1(c2ccccc2)OCCO1)c1ccccc1. The normalized spacial score (nSPS) is 16.4. The summed E-state index contributed by atoms with van der Waals surface area (Å²) in [7, 11) is 3.75. The van der Waals surface area contributed by atoms with Gasteiger partial charge < -0.3 is 14.8 Å². The molecule has 3 rings (SSSR count). The highest BCUT2D eigenvalue weighted by Crippen LogP contribution is 2.38. The van der Waals surface area contributed by atoms with Gasteiger partial charge in [0.2, 0.25) is 0 Å². The van der Waals surface area contributed by atoms with Crippen molar-refractivity contribution in [1.29, 1.82) is 5.26 Å². The maximum absolute atomic E-state index is 9.48. The highest BCUT2D eigenvalue weighted by atomic mass is 16.7. The average molecular weight is 338 g/mol. The zero-order valence-electron chi connectivity index (χ0n) is 14.9. The quantitative estimate of drug-likeness (QED) is 0.901. The fraction of sp³-hybridized carbons (Fsp3) is 0.381. The summed E-state index contributed by atoms with van der Waals surface area (Å²) in [4.78, 5) is 0. The van der Waals surface area contributed by atoms with Crippen molar-refractivity contribution in [3.8, 4) is 6.07 Å². The molecule has 2 aromatic rings. The van der Waals surface area contributed by atoms with E-state index in [4.69, 9.17) is 9.47 Å². The Labute approximate surface area is 150 Å². The van der Waals surface area contributed by atoms with Crippen LogP contribution in [0.5, 0.6) is 0 Å². The second-order valence-electron chi connectivity index (χ2n) is 5.95. The molecule has 0 aromatic heterocycles. The summed E-state index contributed by atoms with van der Waals surface area (Å²) in [6.45, 7) is 1.19. The molecule has 25 heavy (non-hydrogen) atoms. The Bertz CT molecular complexity index is 647. The van der Waals surface area contributed by atoms with E-state index in [-0.39, 0.29) is 5.92 Å². The zero-order chi connectivity index (χ0) is 18.0. The first-order valence-corrected chi connectivity index (χ1v) is 8.62. The van der Waals surface area contributed by atoms with Gasteiger partial charge in [-0.15, -0.1) is 0 Å². The highest BCUT2D eigenvalue weighted by molar-refractivity contribution is 5.25. The van der Waals surface area contributed by atoms with Crippen LogP contribution < -0.4 is 5.32 Å². The summed E-state index contributed by atoms with van der Waals surface area (Å²) in [5.41, 5.74) is 2.07. The van der Waals surface area contributed by atoms with Gasteiger partial charge in [0.1, 0.15) is 0 Å². The molecule has 132 valence electrons. The molecule has 1 aliphatic heterocycles. The lowest BCUT2D eigenvalue weighted by molar-refractivity contribution is -0.171. The molecule has 0 amide bonds. The summed E-state index contributed by atoms with van der Waals surface area (Å²) in [5.74, 6) is -0.847. The Morgan fingerprint density at radius 1 is 1.00 bits per heavy atom. The van der Waals surface area contributed by atoms with E-state index in [0.717, 1.165) is 11.1 Å². The minimum Gasteiger partial charge on any atom is -0.343 e. The summed E-state index contributed by atoms with van der Waals surface area (Å²) in [6, 6.07) is 22.3. The summed E-state index contributed by atoms with van der Waals surface area (Å²) in [6.07, 6.45) is 1.37. The van der Waals surface area contributed by atoms with E-state index in [1.165, 1.54) is 0 Å². The molecule has 1 aliphatic rings. The van der Waals surface area contributed by atoms with Crippen LogP contribution in [-0.4, -0.2) is 27.3 Å². The minimum absolute atomic E-state index is 0.144. The van der Waals surface area contributed by atoms with Crippen molar-refractivity contribution >= 4 is 0 Å². The number of nitrogens with zero attached hydrogens (tertiary/aromatic N) is 1. The monoisotopic (exact) mass is 338 g/mol. The van der Waals surface area contributed by atoms with Crippen LogP contribution in [0.15, 0.2) is 60.7 Å². The van der Waals surface area contributed by atoms with Crippen LogP contribution in [0, 0.1) is 11.3 Å². The lowest BCUT2D eigenvalue weighted by Gasteiger charge is -2.28. The van der Waals surface area contributed by atoms with E-state index in [1.54, 1.807) is 0 Å². The molecule has 0 saturated carbocycles. The van der Waals surface area contributed by atoms with Crippen LogP contribution >= 0.6 is 0 Å². The second kappa shape index (κ2) is 9.95. The van der Waals surface area contributed by atoms with E-state index in [2.05, 4.69) is 11.4 Å². The van der Waals surface area contributed by atoms with Crippen molar-refractivity contribution in [3.63, 3.8) is 0 Å². The lowest BCUT2D eigenvalue weighted by Crippen LogP contribution is -2.27. The molecule has 0 bridgehead atoms. The molecule has 1 N–H and O–H groups in total. The van der Waals surface area contributed by atoms with Gasteiger partial charge in [0.25, 0.3) is 0 Å². The first-order valence-electron chi connectivity index (χ1n) is 8.62. The molecule has 1 saturated heterocycles. The smallest absolute Gasteiger partial charge is 0.195 e. The Kier molecular flexibility index (Phi) is 7.62. The molecule has 0 spiro atoms. The fourth-order valence-corrected chi connectivity index (χ4v) is 2.93. The zero-order valence-corrected chi connectivity index (χ0v) is 14.9.